The van der Waals surface area contributed by atoms with E-state index in [2.05, 4.69) is 4.74 Å². The van der Waals surface area contributed by atoms with E-state index in [0.29, 0.717) is 23.7 Å². The minimum atomic E-state index is -0.806. The molecule has 0 aliphatic heterocycles. The van der Waals surface area contributed by atoms with Gasteiger partial charge in [0.1, 0.15) is 11.5 Å². The van der Waals surface area contributed by atoms with Gasteiger partial charge in [-0.2, -0.15) is 0 Å². The van der Waals surface area contributed by atoms with Gasteiger partial charge in [-0.05, 0) is 52.0 Å². The van der Waals surface area contributed by atoms with E-state index in [1.807, 2.05) is 0 Å². The Labute approximate surface area is 185 Å². The van der Waals surface area contributed by atoms with E-state index in [9.17, 15) is 19.2 Å². The predicted molar refractivity (Wildman–Crippen MR) is 115 cm³/mol. The Balaban J connectivity index is 0.000000479. The van der Waals surface area contributed by atoms with Crippen molar-refractivity contribution in [3.63, 3.8) is 0 Å². The first-order valence-electron chi connectivity index (χ1n) is 9.12. The highest BCUT2D eigenvalue weighted by Crippen LogP contribution is 2.16. The number of benzene rings is 2. The van der Waals surface area contributed by atoms with E-state index >= 15 is 0 Å². The van der Waals surface area contributed by atoms with Gasteiger partial charge in [0, 0.05) is 11.6 Å². The summed E-state index contributed by atoms with van der Waals surface area (Å²) in [6.07, 6.45) is 0.0815. The molecule has 0 unspecified atom stereocenters. The van der Waals surface area contributed by atoms with Crippen LogP contribution in [0.1, 0.15) is 48.4 Å². The Hall–Kier alpha value is -3.39. The number of aldehydes is 2. The molecule has 0 amide bonds. The number of ether oxygens (including phenoxy) is 3. The second-order valence-corrected chi connectivity index (χ2v) is 6.56. The lowest BCUT2D eigenvalue weighted by Gasteiger charge is -2.09. The van der Waals surface area contributed by atoms with Crippen molar-refractivity contribution in [3.8, 4) is 11.5 Å². The van der Waals surface area contributed by atoms with Gasteiger partial charge in [-0.25, -0.2) is 9.59 Å². The van der Waals surface area contributed by atoms with Crippen LogP contribution < -0.4 is 4.74 Å². The van der Waals surface area contributed by atoms with Crippen LogP contribution in [0.4, 0.5) is 9.59 Å². The quantitative estimate of drug-likeness (QED) is 0.277. The molecule has 9 heteroatoms. The Morgan fingerprint density at radius 2 is 1.32 bits per heavy atom. The fourth-order valence-corrected chi connectivity index (χ4v) is 1.93. The number of hydrogen-bond acceptors (Lipinski definition) is 8. The average Bonchev–Trinajstić information content (AvgIpc) is 2.68. The van der Waals surface area contributed by atoms with Crippen molar-refractivity contribution in [2.24, 2.45) is 0 Å². The summed E-state index contributed by atoms with van der Waals surface area (Å²) in [4.78, 5) is 41.6. The zero-order valence-corrected chi connectivity index (χ0v) is 18.4. The Bertz CT molecular complexity index is 849. The van der Waals surface area contributed by atoms with Gasteiger partial charge < -0.3 is 19.3 Å². The number of rotatable bonds is 5. The van der Waals surface area contributed by atoms with Gasteiger partial charge in [-0.15, -0.1) is 0 Å². The third-order valence-electron chi connectivity index (χ3n) is 2.96. The van der Waals surface area contributed by atoms with Crippen molar-refractivity contribution >= 4 is 35.8 Å². The topological polar surface area (TPSA) is 116 Å². The largest absolute Gasteiger partial charge is 0.514 e. The number of halogens is 1. The lowest BCUT2D eigenvalue weighted by Crippen LogP contribution is -2.16. The van der Waals surface area contributed by atoms with Crippen LogP contribution in [0.2, 0.25) is 0 Å². The molecular weight excluding hydrogens is 428 g/mol. The SMILES string of the molecule is CC(C)OC(=O)Cl.CC(C)OC(=O)Oc1ccccc1C=O.O=Cc1ccccc1O. The molecule has 0 saturated heterocycles. The van der Waals surface area contributed by atoms with Crippen LogP contribution >= 0.6 is 11.6 Å². The van der Waals surface area contributed by atoms with Gasteiger partial charge in [0.2, 0.25) is 0 Å². The molecule has 0 spiro atoms. The van der Waals surface area contributed by atoms with Crippen molar-refractivity contribution in [2.75, 3.05) is 0 Å². The number of aromatic hydroxyl groups is 1. The lowest BCUT2D eigenvalue weighted by atomic mass is 10.2. The van der Waals surface area contributed by atoms with Crippen molar-refractivity contribution in [1.29, 1.82) is 0 Å². The first kappa shape index (κ1) is 27.6. The van der Waals surface area contributed by atoms with Gasteiger partial charge in [-0.1, -0.05) is 24.3 Å². The average molecular weight is 453 g/mol. The molecule has 0 aliphatic carbocycles. The molecule has 2 aromatic carbocycles. The highest BCUT2D eigenvalue weighted by molar-refractivity contribution is 6.61. The number of carbonyl (C=O) groups excluding carboxylic acids is 4. The number of carbonyl (C=O) groups is 4. The van der Waals surface area contributed by atoms with Gasteiger partial charge >= 0.3 is 11.6 Å². The van der Waals surface area contributed by atoms with Crippen molar-refractivity contribution in [3.05, 3.63) is 59.7 Å². The van der Waals surface area contributed by atoms with E-state index in [0.717, 1.165) is 0 Å². The zero-order valence-electron chi connectivity index (χ0n) is 17.6. The van der Waals surface area contributed by atoms with Crippen LogP contribution in [0.15, 0.2) is 48.5 Å². The Morgan fingerprint density at radius 3 is 1.71 bits per heavy atom. The van der Waals surface area contributed by atoms with Crippen LogP contribution in [0, 0.1) is 0 Å². The maximum atomic E-state index is 11.1. The second kappa shape index (κ2) is 15.4. The first-order valence-corrected chi connectivity index (χ1v) is 9.50. The minimum Gasteiger partial charge on any atom is -0.507 e. The molecule has 8 nitrogen and oxygen atoms in total. The summed E-state index contributed by atoms with van der Waals surface area (Å²) in [6.45, 7) is 6.90. The number of phenolic OH excluding ortho intramolecular Hbond substituents is 1. The van der Waals surface area contributed by atoms with Gasteiger partial charge in [-0.3, -0.25) is 9.59 Å². The molecule has 2 rings (SSSR count). The van der Waals surface area contributed by atoms with Crippen LogP contribution in [0.3, 0.4) is 0 Å². The standard InChI is InChI=1S/C11H12O4.C7H6O2.C4H7ClO2/c1-8(2)14-11(13)15-10-6-4-3-5-9(10)7-12;8-5-6-3-1-2-4-7(6)9;1-3(2)7-4(5)6/h3-8H,1-2H3;1-5,9H;3H,1-2H3. The molecule has 0 aliphatic rings. The molecule has 0 bridgehead atoms. The third kappa shape index (κ3) is 13.5. The summed E-state index contributed by atoms with van der Waals surface area (Å²) in [5.74, 6) is 0.241. The number of hydrogen-bond donors (Lipinski definition) is 1. The molecule has 168 valence electrons. The van der Waals surface area contributed by atoms with E-state index in [1.54, 1.807) is 64.1 Å². The Kier molecular flexibility index (Phi) is 13.8. The highest BCUT2D eigenvalue weighted by Gasteiger charge is 2.10. The number of phenols is 1. The molecule has 0 fully saturated rings. The minimum absolute atomic E-state index is 0.0347. The zero-order chi connectivity index (χ0) is 23.8. The molecule has 2 aromatic rings. The highest BCUT2D eigenvalue weighted by atomic mass is 35.5. The maximum Gasteiger partial charge on any atom is 0.514 e. The lowest BCUT2D eigenvalue weighted by molar-refractivity contribution is 0.0726. The van der Waals surface area contributed by atoms with E-state index < -0.39 is 11.6 Å². The summed E-state index contributed by atoms with van der Waals surface area (Å²) in [5.41, 5.74) is -0.0919. The predicted octanol–water partition coefficient (Wildman–Crippen LogP) is 5.40. The fraction of sp³-hybridized carbons (Fsp3) is 0.273. The molecule has 0 heterocycles. The monoisotopic (exact) mass is 452 g/mol. The maximum absolute atomic E-state index is 11.1. The fourth-order valence-electron chi connectivity index (χ4n) is 1.75. The van der Waals surface area contributed by atoms with Crippen LogP contribution in [-0.4, -0.2) is 41.5 Å². The molecule has 0 atom stereocenters. The van der Waals surface area contributed by atoms with Crippen molar-refractivity contribution in [1.82, 2.24) is 0 Å². The summed E-state index contributed by atoms with van der Waals surface area (Å²) in [5, 5.41) is 8.88. The van der Waals surface area contributed by atoms with E-state index in [-0.39, 0.29) is 23.7 Å². The van der Waals surface area contributed by atoms with Gasteiger partial charge in [0.05, 0.1) is 23.3 Å². The Morgan fingerprint density at radius 1 is 0.839 bits per heavy atom. The first-order chi connectivity index (χ1) is 14.6. The molecule has 1 N–H and O–H groups in total. The normalized spacial score (nSPS) is 9.39. The van der Waals surface area contributed by atoms with Crippen molar-refractivity contribution in [2.45, 2.75) is 39.9 Å². The summed E-state index contributed by atoms with van der Waals surface area (Å²) < 4.78 is 14.0. The molecular formula is C22H25ClO8. The third-order valence-corrected chi connectivity index (χ3v) is 3.05. The van der Waals surface area contributed by atoms with Gasteiger partial charge in [0.15, 0.2) is 12.6 Å². The molecule has 0 aromatic heterocycles. The number of para-hydroxylation sites is 2. The summed E-state index contributed by atoms with van der Waals surface area (Å²) in [7, 11) is 0. The molecule has 0 radical (unpaired) electrons. The molecule has 0 saturated carbocycles. The van der Waals surface area contributed by atoms with Crippen LogP contribution in [-0.2, 0) is 9.47 Å². The van der Waals surface area contributed by atoms with Crippen LogP contribution in [0.25, 0.3) is 0 Å². The van der Waals surface area contributed by atoms with Crippen LogP contribution in [0.5, 0.6) is 11.5 Å². The molecule has 31 heavy (non-hydrogen) atoms. The van der Waals surface area contributed by atoms with E-state index in [1.165, 1.54) is 12.1 Å². The van der Waals surface area contributed by atoms with Gasteiger partial charge in [0.25, 0.3) is 0 Å². The summed E-state index contributed by atoms with van der Waals surface area (Å²) in [6, 6.07) is 12.9. The van der Waals surface area contributed by atoms with E-state index in [4.69, 9.17) is 26.2 Å². The van der Waals surface area contributed by atoms with Crippen molar-refractivity contribution < 1.29 is 38.5 Å². The summed E-state index contributed by atoms with van der Waals surface area (Å²) >= 11 is 4.81. The second-order valence-electron chi connectivity index (χ2n) is 6.26. The smallest absolute Gasteiger partial charge is 0.507 e.